The van der Waals surface area contributed by atoms with Crippen molar-refractivity contribution in [3.63, 3.8) is 0 Å². The van der Waals surface area contributed by atoms with Crippen molar-refractivity contribution in [2.24, 2.45) is 0 Å². The molecule has 7 heteroatoms. The van der Waals surface area contributed by atoms with Crippen molar-refractivity contribution >= 4 is 33.2 Å². The first-order valence-electron chi connectivity index (χ1n) is 9.24. The van der Waals surface area contributed by atoms with Crippen LogP contribution >= 0.6 is 22.9 Å². The molecule has 0 unspecified atom stereocenters. The second-order valence-electron chi connectivity index (χ2n) is 6.72. The molecular formula is C22H20ClN3O2S. The molecule has 1 N–H and O–H groups in total. The molecule has 0 atom stereocenters. The van der Waals surface area contributed by atoms with E-state index in [1.54, 1.807) is 6.07 Å². The second-order valence-corrected chi connectivity index (χ2v) is 8.16. The van der Waals surface area contributed by atoms with Gasteiger partial charge in [-0.1, -0.05) is 54.1 Å². The van der Waals surface area contributed by atoms with E-state index in [-0.39, 0.29) is 5.56 Å². The highest BCUT2D eigenvalue weighted by molar-refractivity contribution is 7.21. The summed E-state index contributed by atoms with van der Waals surface area (Å²) in [5.41, 5.74) is 0.981. The molecule has 2 aromatic heterocycles. The molecule has 0 bridgehead atoms. The molecule has 4 rings (SSSR count). The van der Waals surface area contributed by atoms with Crippen molar-refractivity contribution in [1.29, 1.82) is 0 Å². The number of rotatable bonds is 7. The topological polar surface area (TPSA) is 58.2 Å². The molecule has 2 aromatic carbocycles. The van der Waals surface area contributed by atoms with E-state index in [0.717, 1.165) is 15.3 Å². The normalized spacial score (nSPS) is 11.3. The lowest BCUT2D eigenvalue weighted by Gasteiger charge is -2.16. The number of fused-ring (bicyclic) bond motifs is 1. The molecule has 0 aliphatic heterocycles. The number of hydrogen-bond donors (Lipinski definition) is 1. The van der Waals surface area contributed by atoms with Crippen molar-refractivity contribution in [3.8, 4) is 16.2 Å². The Labute approximate surface area is 177 Å². The molecule has 0 spiro atoms. The van der Waals surface area contributed by atoms with Gasteiger partial charge >= 0.3 is 0 Å². The quantitative estimate of drug-likeness (QED) is 0.461. The van der Waals surface area contributed by atoms with Crippen LogP contribution in [0.5, 0.6) is 5.75 Å². The largest absolute Gasteiger partial charge is 0.491 e. The predicted molar refractivity (Wildman–Crippen MR) is 119 cm³/mol. The first-order chi connectivity index (χ1) is 14.1. The van der Waals surface area contributed by atoms with E-state index in [4.69, 9.17) is 16.3 Å². The minimum absolute atomic E-state index is 0.107. The van der Waals surface area contributed by atoms with Crippen LogP contribution in [0.4, 0.5) is 0 Å². The number of benzene rings is 2. The summed E-state index contributed by atoms with van der Waals surface area (Å²) >= 11 is 7.63. The highest BCUT2D eigenvalue weighted by Gasteiger charge is 2.11. The zero-order valence-electron chi connectivity index (χ0n) is 15.9. The summed E-state index contributed by atoms with van der Waals surface area (Å²) < 4.78 is 5.73. The molecule has 29 heavy (non-hydrogen) atoms. The first kappa shape index (κ1) is 19.6. The van der Waals surface area contributed by atoms with Crippen LogP contribution in [0.3, 0.4) is 0 Å². The number of thiophene rings is 1. The summed E-state index contributed by atoms with van der Waals surface area (Å²) in [6.07, 6.45) is 0. The number of halogens is 1. The van der Waals surface area contributed by atoms with Crippen LogP contribution in [0.25, 0.3) is 20.7 Å². The maximum Gasteiger partial charge on any atom is 0.259 e. The highest BCUT2D eigenvalue weighted by atomic mass is 35.5. The minimum atomic E-state index is -0.107. The third kappa shape index (κ3) is 4.67. The van der Waals surface area contributed by atoms with Gasteiger partial charge in [0.25, 0.3) is 5.56 Å². The van der Waals surface area contributed by atoms with Crippen LogP contribution in [0.1, 0.15) is 5.82 Å². The molecule has 0 radical (unpaired) electrons. The Bertz CT molecular complexity index is 1170. The zero-order chi connectivity index (χ0) is 20.2. The fourth-order valence-electron chi connectivity index (χ4n) is 3.00. The average molecular weight is 426 g/mol. The van der Waals surface area contributed by atoms with Crippen molar-refractivity contribution in [3.05, 3.63) is 81.9 Å². The number of ether oxygens (including phenoxy) is 1. The van der Waals surface area contributed by atoms with Crippen LogP contribution in [0.15, 0.2) is 65.5 Å². The van der Waals surface area contributed by atoms with Crippen molar-refractivity contribution in [2.75, 3.05) is 20.2 Å². The van der Waals surface area contributed by atoms with Gasteiger partial charge in [-0.15, -0.1) is 11.3 Å². The number of likely N-dealkylation sites (N-methyl/N-ethyl adjacent to an activating group) is 1. The Morgan fingerprint density at radius 2 is 1.90 bits per heavy atom. The van der Waals surface area contributed by atoms with Crippen molar-refractivity contribution < 1.29 is 4.74 Å². The van der Waals surface area contributed by atoms with Gasteiger partial charge in [0.05, 0.1) is 17.0 Å². The van der Waals surface area contributed by atoms with Gasteiger partial charge in [0.15, 0.2) is 0 Å². The standard InChI is InChI=1S/C22H20ClN3O2S/c1-26(11-12-28-18-10-6-5-9-17(18)23)14-20-24-21(27)16-13-19(29-22(16)25-20)15-7-3-2-4-8-15/h2-10,13H,11-12,14H2,1H3,(H,24,25,27). The molecule has 0 saturated carbocycles. The molecule has 0 amide bonds. The number of H-pyrrole nitrogens is 1. The molecule has 148 valence electrons. The predicted octanol–water partition coefficient (Wildman–Crippen LogP) is 4.82. The number of aromatic nitrogens is 2. The molecule has 4 aromatic rings. The van der Waals surface area contributed by atoms with Crippen molar-refractivity contribution in [1.82, 2.24) is 14.9 Å². The number of nitrogens with one attached hydrogen (secondary N) is 1. The zero-order valence-corrected chi connectivity index (χ0v) is 17.5. The van der Waals surface area contributed by atoms with E-state index >= 15 is 0 Å². The second kappa shape index (κ2) is 8.78. The fourth-order valence-corrected chi connectivity index (χ4v) is 4.25. The lowest BCUT2D eigenvalue weighted by atomic mass is 10.2. The van der Waals surface area contributed by atoms with E-state index in [1.807, 2.05) is 66.5 Å². The summed E-state index contributed by atoms with van der Waals surface area (Å²) in [5, 5.41) is 1.22. The fraction of sp³-hybridized carbons (Fsp3) is 0.182. The Kier molecular flexibility index (Phi) is 5.94. The van der Waals surface area contributed by atoms with Crippen LogP contribution in [0, 0.1) is 0 Å². The van der Waals surface area contributed by atoms with Crippen molar-refractivity contribution in [2.45, 2.75) is 6.54 Å². The van der Waals surface area contributed by atoms with Crippen LogP contribution < -0.4 is 10.3 Å². The lowest BCUT2D eigenvalue weighted by molar-refractivity contribution is 0.230. The molecular weight excluding hydrogens is 406 g/mol. The summed E-state index contributed by atoms with van der Waals surface area (Å²) in [6, 6.07) is 19.3. The Morgan fingerprint density at radius 1 is 1.14 bits per heavy atom. The molecule has 0 fully saturated rings. The SMILES string of the molecule is CN(CCOc1ccccc1Cl)Cc1nc2sc(-c3ccccc3)cc2c(=O)[nH]1. The van der Waals surface area contributed by atoms with Crippen LogP contribution in [0.2, 0.25) is 5.02 Å². The van der Waals surface area contributed by atoms with E-state index in [9.17, 15) is 4.79 Å². The maximum absolute atomic E-state index is 12.5. The summed E-state index contributed by atoms with van der Waals surface area (Å²) in [4.78, 5) is 23.9. The van der Waals surface area contributed by atoms with Gasteiger partial charge in [0, 0.05) is 11.4 Å². The average Bonchev–Trinajstić information content (AvgIpc) is 3.15. The van der Waals surface area contributed by atoms with Crippen LogP contribution in [-0.2, 0) is 6.54 Å². The smallest absolute Gasteiger partial charge is 0.259 e. The highest BCUT2D eigenvalue weighted by Crippen LogP contribution is 2.30. The van der Waals surface area contributed by atoms with E-state index in [1.165, 1.54) is 11.3 Å². The molecule has 0 aliphatic rings. The van der Waals surface area contributed by atoms with Crippen LogP contribution in [-0.4, -0.2) is 35.1 Å². The summed E-state index contributed by atoms with van der Waals surface area (Å²) in [5.74, 6) is 1.31. The number of para-hydroxylation sites is 1. The van der Waals surface area contributed by atoms with Gasteiger partial charge in [-0.25, -0.2) is 4.98 Å². The number of nitrogens with zero attached hydrogens (tertiary/aromatic N) is 2. The maximum atomic E-state index is 12.5. The Morgan fingerprint density at radius 3 is 2.69 bits per heavy atom. The monoisotopic (exact) mass is 425 g/mol. The lowest BCUT2D eigenvalue weighted by Crippen LogP contribution is -2.26. The Hall–Kier alpha value is -2.67. The minimum Gasteiger partial charge on any atom is -0.491 e. The summed E-state index contributed by atoms with van der Waals surface area (Å²) in [7, 11) is 1.96. The summed E-state index contributed by atoms with van der Waals surface area (Å²) in [6.45, 7) is 1.69. The van der Waals surface area contributed by atoms with E-state index in [2.05, 4.69) is 9.97 Å². The van der Waals surface area contributed by atoms with Gasteiger partial charge in [-0.3, -0.25) is 9.69 Å². The third-order valence-corrected chi connectivity index (χ3v) is 5.89. The number of aromatic amines is 1. The van der Waals surface area contributed by atoms with Gasteiger partial charge in [-0.05, 0) is 30.8 Å². The first-order valence-corrected chi connectivity index (χ1v) is 10.4. The molecule has 2 heterocycles. The molecule has 0 saturated heterocycles. The third-order valence-electron chi connectivity index (χ3n) is 4.50. The van der Waals surface area contributed by atoms with E-state index < -0.39 is 0 Å². The molecule has 0 aliphatic carbocycles. The van der Waals surface area contributed by atoms with Gasteiger partial charge in [0.2, 0.25) is 0 Å². The van der Waals surface area contributed by atoms with Gasteiger partial charge < -0.3 is 9.72 Å². The van der Waals surface area contributed by atoms with Gasteiger partial charge in [0.1, 0.15) is 23.0 Å². The van der Waals surface area contributed by atoms with E-state index in [0.29, 0.717) is 41.7 Å². The molecule has 5 nitrogen and oxygen atoms in total. The number of hydrogen-bond acceptors (Lipinski definition) is 5. The van der Waals surface area contributed by atoms with Gasteiger partial charge in [-0.2, -0.15) is 0 Å². The Balaban J connectivity index is 1.44.